The molecule has 0 spiro atoms. The summed E-state index contributed by atoms with van der Waals surface area (Å²) in [6.07, 6.45) is 2.20. The van der Waals surface area contributed by atoms with E-state index in [9.17, 15) is 13.2 Å². The van der Waals surface area contributed by atoms with Crippen LogP contribution in [-0.2, 0) is 14.6 Å². The highest BCUT2D eigenvalue weighted by Crippen LogP contribution is 2.27. The summed E-state index contributed by atoms with van der Waals surface area (Å²) in [6, 6.07) is 4.03. The van der Waals surface area contributed by atoms with E-state index < -0.39 is 21.5 Å². The maximum Gasteiger partial charge on any atom is 0.235 e. The Morgan fingerprint density at radius 2 is 2.11 bits per heavy atom. The number of hydrogen-bond acceptors (Lipinski definition) is 4. The van der Waals surface area contributed by atoms with E-state index in [-0.39, 0.29) is 9.92 Å². The zero-order valence-electron chi connectivity index (χ0n) is 10.2. The van der Waals surface area contributed by atoms with E-state index in [0.29, 0.717) is 18.2 Å². The summed E-state index contributed by atoms with van der Waals surface area (Å²) in [7, 11) is -3.68. The molecule has 0 bridgehead atoms. The average molecular weight is 303 g/mol. The molecule has 1 aromatic rings. The summed E-state index contributed by atoms with van der Waals surface area (Å²) in [5, 5.41) is 2.79. The van der Waals surface area contributed by atoms with E-state index in [1.807, 2.05) is 0 Å². The summed E-state index contributed by atoms with van der Waals surface area (Å²) in [5.74, 6) is -0.544. The number of benzene rings is 1. The van der Waals surface area contributed by atoms with Gasteiger partial charge in [0.2, 0.25) is 5.91 Å². The second kappa shape index (κ2) is 5.38. The second-order valence-corrected chi connectivity index (χ2v) is 7.09. The topological polar surface area (TPSA) is 89.3 Å². The Bertz CT molecular complexity index is 597. The molecule has 7 heteroatoms. The molecule has 1 saturated carbocycles. The Balaban J connectivity index is 2.03. The third kappa shape index (κ3) is 3.84. The van der Waals surface area contributed by atoms with Gasteiger partial charge in [-0.2, -0.15) is 0 Å². The van der Waals surface area contributed by atoms with Crippen LogP contribution >= 0.6 is 11.6 Å². The molecule has 0 heterocycles. The maximum absolute atomic E-state index is 12.0. The van der Waals surface area contributed by atoms with Crippen molar-refractivity contribution >= 4 is 33.0 Å². The summed E-state index contributed by atoms with van der Waals surface area (Å²) in [5.41, 5.74) is 5.82. The quantitative estimate of drug-likeness (QED) is 0.800. The Morgan fingerprint density at radius 1 is 1.42 bits per heavy atom. The fourth-order valence-electron chi connectivity index (χ4n) is 1.59. The van der Waals surface area contributed by atoms with Gasteiger partial charge in [-0.3, -0.25) is 4.79 Å². The predicted molar refractivity (Wildman–Crippen MR) is 73.7 cm³/mol. The van der Waals surface area contributed by atoms with Gasteiger partial charge in [0, 0.05) is 6.54 Å². The minimum atomic E-state index is -3.68. The van der Waals surface area contributed by atoms with Gasteiger partial charge in [-0.1, -0.05) is 11.6 Å². The van der Waals surface area contributed by atoms with Crippen molar-refractivity contribution < 1.29 is 13.2 Å². The van der Waals surface area contributed by atoms with Crippen LogP contribution in [0, 0.1) is 5.92 Å². The highest BCUT2D eigenvalue weighted by Gasteiger charge is 2.24. The number of anilines is 1. The molecule has 0 aromatic heterocycles. The Labute approximate surface area is 117 Å². The van der Waals surface area contributed by atoms with E-state index in [1.54, 1.807) is 0 Å². The van der Waals surface area contributed by atoms with Crippen LogP contribution in [0.5, 0.6) is 0 Å². The number of sulfone groups is 1. The molecule has 3 N–H and O–H groups in total. The third-order valence-electron chi connectivity index (χ3n) is 2.94. The first kappa shape index (κ1) is 14.1. The summed E-state index contributed by atoms with van der Waals surface area (Å²) in [6.45, 7) is 0.552. The van der Waals surface area contributed by atoms with Crippen molar-refractivity contribution in [2.45, 2.75) is 17.7 Å². The molecule has 0 saturated heterocycles. The van der Waals surface area contributed by atoms with Gasteiger partial charge < -0.3 is 11.1 Å². The molecule has 0 atom stereocenters. The lowest BCUT2D eigenvalue weighted by atomic mass is 10.3. The highest BCUT2D eigenvalue weighted by molar-refractivity contribution is 7.92. The smallest absolute Gasteiger partial charge is 0.235 e. The van der Waals surface area contributed by atoms with Crippen LogP contribution in [0.2, 0.25) is 5.02 Å². The fourth-order valence-corrected chi connectivity index (χ4v) is 3.02. The molecule has 1 aromatic carbocycles. The van der Waals surface area contributed by atoms with Gasteiger partial charge in [0.05, 0.1) is 15.6 Å². The van der Waals surface area contributed by atoms with Crippen molar-refractivity contribution in [2.75, 3.05) is 18.0 Å². The van der Waals surface area contributed by atoms with Crippen molar-refractivity contribution in [3.05, 3.63) is 23.2 Å². The molecule has 19 heavy (non-hydrogen) atoms. The number of halogens is 1. The number of nitrogen functional groups attached to an aromatic ring is 1. The zero-order chi connectivity index (χ0) is 14.0. The second-order valence-electron chi connectivity index (χ2n) is 4.69. The molecule has 1 amide bonds. The van der Waals surface area contributed by atoms with Crippen LogP contribution in [0.25, 0.3) is 0 Å². The summed E-state index contributed by atoms with van der Waals surface area (Å²) >= 11 is 5.78. The van der Waals surface area contributed by atoms with E-state index >= 15 is 0 Å². The normalized spacial score (nSPS) is 15.2. The average Bonchev–Trinajstić information content (AvgIpc) is 3.13. The van der Waals surface area contributed by atoms with Gasteiger partial charge in [0.25, 0.3) is 0 Å². The van der Waals surface area contributed by atoms with Crippen LogP contribution < -0.4 is 11.1 Å². The molecule has 0 radical (unpaired) electrons. The Kier molecular flexibility index (Phi) is 4.01. The van der Waals surface area contributed by atoms with Crippen molar-refractivity contribution in [1.82, 2.24) is 5.32 Å². The lowest BCUT2D eigenvalue weighted by molar-refractivity contribution is -0.118. The molecule has 5 nitrogen and oxygen atoms in total. The maximum atomic E-state index is 12.0. The molecule has 2 rings (SSSR count). The fraction of sp³-hybridized carbons (Fsp3) is 0.417. The van der Waals surface area contributed by atoms with E-state index in [0.717, 1.165) is 12.8 Å². The molecule has 1 fully saturated rings. The number of nitrogens with two attached hydrogens (primary N) is 1. The van der Waals surface area contributed by atoms with Gasteiger partial charge in [-0.05, 0) is 37.0 Å². The predicted octanol–water partition coefficient (Wildman–Crippen LogP) is 1.22. The van der Waals surface area contributed by atoms with Gasteiger partial charge in [0.1, 0.15) is 5.75 Å². The van der Waals surface area contributed by atoms with Crippen LogP contribution in [0.4, 0.5) is 5.69 Å². The molecule has 1 aliphatic rings. The van der Waals surface area contributed by atoms with Gasteiger partial charge in [-0.25, -0.2) is 8.42 Å². The molecule has 104 valence electrons. The SMILES string of the molecule is Nc1ccc(S(=O)(=O)CC(=O)NCC2CC2)cc1Cl. The Morgan fingerprint density at radius 3 is 2.68 bits per heavy atom. The van der Waals surface area contributed by atoms with E-state index in [4.69, 9.17) is 17.3 Å². The number of carbonyl (C=O) groups is 1. The van der Waals surface area contributed by atoms with Crippen LogP contribution in [-0.4, -0.2) is 26.6 Å². The first-order chi connectivity index (χ1) is 8.88. The molecule has 0 unspecified atom stereocenters. The molecular formula is C12H15ClN2O3S. The van der Waals surface area contributed by atoms with Crippen molar-refractivity contribution in [3.8, 4) is 0 Å². The third-order valence-corrected chi connectivity index (χ3v) is 4.88. The number of nitrogens with one attached hydrogen (secondary N) is 1. The van der Waals surface area contributed by atoms with E-state index in [1.165, 1.54) is 18.2 Å². The summed E-state index contributed by atoms with van der Waals surface area (Å²) < 4.78 is 24.0. The molecular weight excluding hydrogens is 288 g/mol. The first-order valence-corrected chi connectivity index (χ1v) is 7.96. The summed E-state index contributed by atoms with van der Waals surface area (Å²) in [4.78, 5) is 11.6. The van der Waals surface area contributed by atoms with Crippen LogP contribution in [0.3, 0.4) is 0 Å². The molecule has 1 aliphatic carbocycles. The van der Waals surface area contributed by atoms with Crippen molar-refractivity contribution in [3.63, 3.8) is 0 Å². The minimum absolute atomic E-state index is 0.00766. The number of carbonyl (C=O) groups excluding carboxylic acids is 1. The van der Waals surface area contributed by atoms with Crippen LogP contribution in [0.1, 0.15) is 12.8 Å². The van der Waals surface area contributed by atoms with E-state index in [2.05, 4.69) is 5.32 Å². The van der Waals surface area contributed by atoms with Crippen molar-refractivity contribution in [2.24, 2.45) is 5.92 Å². The Hall–Kier alpha value is -1.27. The number of rotatable bonds is 5. The zero-order valence-corrected chi connectivity index (χ0v) is 11.8. The highest BCUT2D eigenvalue weighted by atomic mass is 35.5. The van der Waals surface area contributed by atoms with Crippen molar-refractivity contribution in [1.29, 1.82) is 0 Å². The van der Waals surface area contributed by atoms with Gasteiger partial charge in [0.15, 0.2) is 9.84 Å². The van der Waals surface area contributed by atoms with Crippen LogP contribution in [0.15, 0.2) is 23.1 Å². The first-order valence-electron chi connectivity index (χ1n) is 5.93. The largest absolute Gasteiger partial charge is 0.398 e. The number of amides is 1. The van der Waals surface area contributed by atoms with Gasteiger partial charge >= 0.3 is 0 Å². The standard InChI is InChI=1S/C12H15ClN2O3S/c13-10-5-9(3-4-11(10)14)19(17,18)7-12(16)15-6-8-1-2-8/h3-5,8H,1-2,6-7,14H2,(H,15,16). The number of hydrogen-bond donors (Lipinski definition) is 2. The minimum Gasteiger partial charge on any atom is -0.398 e. The lowest BCUT2D eigenvalue weighted by Crippen LogP contribution is -2.31. The lowest BCUT2D eigenvalue weighted by Gasteiger charge is -2.07. The van der Waals surface area contributed by atoms with Gasteiger partial charge in [-0.15, -0.1) is 0 Å². The molecule has 0 aliphatic heterocycles. The monoisotopic (exact) mass is 302 g/mol.